The number of methoxy groups -OCH3 is 2. The van der Waals surface area contributed by atoms with Crippen LogP contribution in [0, 0.1) is 0 Å². The zero-order chi connectivity index (χ0) is 22.2. The number of carbonyl (C=O) groups excluding carboxylic acids is 1. The fourth-order valence-electron chi connectivity index (χ4n) is 2.74. The van der Waals surface area contributed by atoms with Crippen LogP contribution in [0.2, 0.25) is 10.0 Å². The van der Waals surface area contributed by atoms with Gasteiger partial charge in [0.2, 0.25) is 0 Å². The Hall–Kier alpha value is -3.22. The van der Waals surface area contributed by atoms with E-state index in [1.165, 1.54) is 13.3 Å². The molecule has 0 atom stereocenters. The first-order chi connectivity index (χ1) is 15.0. The molecule has 0 spiro atoms. The molecule has 0 fully saturated rings. The molecule has 0 saturated heterocycles. The average molecular weight is 459 g/mol. The van der Waals surface area contributed by atoms with Crippen LogP contribution in [-0.2, 0) is 6.61 Å². The fraction of sp³-hybridized carbons (Fsp3) is 0.130. The minimum atomic E-state index is -0.375. The molecule has 0 unspecified atom stereocenters. The lowest BCUT2D eigenvalue weighted by molar-refractivity contribution is 0.0952. The zero-order valence-corrected chi connectivity index (χ0v) is 18.4. The molecule has 0 saturated carbocycles. The molecule has 8 heteroatoms. The quantitative estimate of drug-likeness (QED) is 0.364. The monoisotopic (exact) mass is 458 g/mol. The second kappa shape index (κ2) is 10.7. The molecule has 0 heterocycles. The van der Waals surface area contributed by atoms with Crippen molar-refractivity contribution in [2.75, 3.05) is 14.2 Å². The number of benzene rings is 3. The molecule has 0 aliphatic rings. The highest BCUT2D eigenvalue weighted by atomic mass is 35.5. The van der Waals surface area contributed by atoms with Crippen molar-refractivity contribution < 1.29 is 19.0 Å². The van der Waals surface area contributed by atoms with E-state index in [1.807, 2.05) is 6.07 Å². The lowest BCUT2D eigenvalue weighted by atomic mass is 10.2. The molecule has 3 aromatic rings. The maximum absolute atomic E-state index is 12.3. The van der Waals surface area contributed by atoms with E-state index in [9.17, 15) is 4.79 Å². The molecule has 0 radical (unpaired) electrons. The van der Waals surface area contributed by atoms with Crippen LogP contribution < -0.4 is 19.6 Å². The molecule has 0 aliphatic heterocycles. The Kier molecular flexibility index (Phi) is 7.76. The fourth-order valence-corrected chi connectivity index (χ4v) is 3.20. The number of halogens is 2. The smallest absolute Gasteiger partial charge is 0.275 e. The number of amides is 1. The molecule has 0 aromatic heterocycles. The first-order valence-corrected chi connectivity index (χ1v) is 9.98. The summed E-state index contributed by atoms with van der Waals surface area (Å²) in [4.78, 5) is 12.3. The number of hydrazone groups is 1. The standard InChI is InChI=1S/C23H20Cl2N2O4/c1-29-20-6-4-3-5-18(20)23(28)27-26-13-15-7-10-21(22(11-15)30-2)31-14-16-8-9-17(24)12-19(16)25/h3-13H,14H2,1-2H3,(H,27,28)/b26-13+. The van der Waals surface area contributed by atoms with Crippen LogP contribution in [0.1, 0.15) is 21.5 Å². The maximum atomic E-state index is 12.3. The molecule has 31 heavy (non-hydrogen) atoms. The van der Waals surface area contributed by atoms with Crippen molar-refractivity contribution in [2.24, 2.45) is 5.10 Å². The van der Waals surface area contributed by atoms with Gasteiger partial charge in [0.05, 0.1) is 26.0 Å². The molecule has 1 amide bonds. The summed E-state index contributed by atoms with van der Waals surface area (Å²) in [5, 5.41) is 5.10. The Labute approximate surface area is 190 Å². The highest BCUT2D eigenvalue weighted by Crippen LogP contribution is 2.30. The molecule has 1 N–H and O–H groups in total. The number of nitrogens with zero attached hydrogens (tertiary/aromatic N) is 1. The van der Waals surface area contributed by atoms with Crippen molar-refractivity contribution in [3.8, 4) is 17.2 Å². The molecule has 3 aromatic carbocycles. The van der Waals surface area contributed by atoms with Crippen LogP contribution >= 0.6 is 23.2 Å². The average Bonchev–Trinajstić information content (AvgIpc) is 2.78. The number of carbonyl (C=O) groups is 1. The van der Waals surface area contributed by atoms with Crippen LogP contribution in [-0.4, -0.2) is 26.3 Å². The van der Waals surface area contributed by atoms with E-state index < -0.39 is 0 Å². The first-order valence-electron chi connectivity index (χ1n) is 9.23. The summed E-state index contributed by atoms with van der Waals surface area (Å²) in [6, 6.07) is 17.4. The van der Waals surface area contributed by atoms with Gasteiger partial charge in [0, 0.05) is 15.6 Å². The summed E-state index contributed by atoms with van der Waals surface area (Å²) in [6.07, 6.45) is 1.51. The van der Waals surface area contributed by atoms with Gasteiger partial charge in [0.25, 0.3) is 5.91 Å². The van der Waals surface area contributed by atoms with Gasteiger partial charge in [-0.2, -0.15) is 5.10 Å². The zero-order valence-electron chi connectivity index (χ0n) is 16.9. The molecule has 160 valence electrons. The first kappa shape index (κ1) is 22.5. The van der Waals surface area contributed by atoms with Gasteiger partial charge in [-0.15, -0.1) is 0 Å². The SMILES string of the molecule is COc1cc(/C=N/NC(=O)c2ccccc2OC)ccc1OCc1ccc(Cl)cc1Cl. The van der Waals surface area contributed by atoms with E-state index in [0.717, 1.165) is 5.56 Å². The van der Waals surface area contributed by atoms with Crippen molar-refractivity contribution >= 4 is 35.3 Å². The van der Waals surface area contributed by atoms with Gasteiger partial charge in [-0.05, 0) is 48.0 Å². The Morgan fingerprint density at radius 3 is 2.48 bits per heavy atom. The van der Waals surface area contributed by atoms with Gasteiger partial charge in [-0.3, -0.25) is 4.79 Å². The van der Waals surface area contributed by atoms with E-state index in [2.05, 4.69) is 10.5 Å². The summed E-state index contributed by atoms with van der Waals surface area (Å²) in [5.41, 5.74) is 4.40. The topological polar surface area (TPSA) is 69.2 Å². The number of nitrogens with one attached hydrogen (secondary N) is 1. The van der Waals surface area contributed by atoms with Crippen LogP contribution in [0.5, 0.6) is 17.2 Å². The van der Waals surface area contributed by atoms with E-state index >= 15 is 0 Å². The van der Waals surface area contributed by atoms with E-state index in [-0.39, 0.29) is 12.5 Å². The van der Waals surface area contributed by atoms with Gasteiger partial charge >= 0.3 is 0 Å². The number of rotatable bonds is 8. The third kappa shape index (κ3) is 5.90. The maximum Gasteiger partial charge on any atom is 0.275 e. The van der Waals surface area contributed by atoms with E-state index in [4.69, 9.17) is 37.4 Å². The minimum absolute atomic E-state index is 0.259. The third-order valence-corrected chi connectivity index (χ3v) is 4.90. The second-order valence-electron chi connectivity index (χ2n) is 6.33. The van der Waals surface area contributed by atoms with Crippen molar-refractivity contribution in [3.63, 3.8) is 0 Å². The van der Waals surface area contributed by atoms with Crippen LogP contribution in [0.25, 0.3) is 0 Å². The number of ether oxygens (including phenoxy) is 3. The summed E-state index contributed by atoms with van der Waals surface area (Å²) >= 11 is 12.1. The molecule has 0 bridgehead atoms. The van der Waals surface area contributed by atoms with Crippen molar-refractivity contribution in [2.45, 2.75) is 6.61 Å². The van der Waals surface area contributed by atoms with Crippen molar-refractivity contribution in [1.82, 2.24) is 5.43 Å². The van der Waals surface area contributed by atoms with Crippen molar-refractivity contribution in [1.29, 1.82) is 0 Å². The number of hydrogen-bond acceptors (Lipinski definition) is 5. The minimum Gasteiger partial charge on any atom is -0.496 e. The van der Waals surface area contributed by atoms with Gasteiger partial charge < -0.3 is 14.2 Å². The van der Waals surface area contributed by atoms with Crippen LogP contribution in [0.3, 0.4) is 0 Å². The normalized spacial score (nSPS) is 10.7. The Morgan fingerprint density at radius 2 is 1.74 bits per heavy atom. The third-order valence-electron chi connectivity index (χ3n) is 4.32. The highest BCUT2D eigenvalue weighted by molar-refractivity contribution is 6.35. The highest BCUT2D eigenvalue weighted by Gasteiger charge is 2.11. The van der Waals surface area contributed by atoms with Gasteiger partial charge in [0.15, 0.2) is 11.5 Å². The van der Waals surface area contributed by atoms with Crippen molar-refractivity contribution in [3.05, 3.63) is 87.4 Å². The van der Waals surface area contributed by atoms with Gasteiger partial charge in [-0.1, -0.05) is 41.4 Å². The summed E-state index contributed by atoms with van der Waals surface area (Å²) < 4.78 is 16.4. The Morgan fingerprint density at radius 1 is 0.968 bits per heavy atom. The molecular weight excluding hydrogens is 439 g/mol. The molecule has 6 nitrogen and oxygen atoms in total. The lowest BCUT2D eigenvalue weighted by Gasteiger charge is -2.12. The van der Waals surface area contributed by atoms with Gasteiger partial charge in [-0.25, -0.2) is 5.43 Å². The number of para-hydroxylation sites is 1. The Balaban J connectivity index is 1.65. The molecule has 3 rings (SSSR count). The summed E-state index contributed by atoms with van der Waals surface area (Å²) in [7, 11) is 3.05. The lowest BCUT2D eigenvalue weighted by Crippen LogP contribution is -2.18. The van der Waals surface area contributed by atoms with E-state index in [0.29, 0.717) is 38.4 Å². The second-order valence-corrected chi connectivity index (χ2v) is 7.18. The number of hydrogen-bond donors (Lipinski definition) is 1. The van der Waals surface area contributed by atoms with Crippen LogP contribution in [0.4, 0.5) is 0 Å². The largest absolute Gasteiger partial charge is 0.496 e. The molecule has 0 aliphatic carbocycles. The van der Waals surface area contributed by atoms with E-state index in [1.54, 1.807) is 61.7 Å². The summed E-state index contributed by atoms with van der Waals surface area (Å²) in [5.74, 6) is 1.16. The van der Waals surface area contributed by atoms with Crippen LogP contribution in [0.15, 0.2) is 65.8 Å². The predicted molar refractivity (Wildman–Crippen MR) is 122 cm³/mol. The predicted octanol–water partition coefficient (Wildman–Crippen LogP) is 5.35. The summed E-state index contributed by atoms with van der Waals surface area (Å²) in [6.45, 7) is 0.259. The Bertz CT molecular complexity index is 1100. The van der Waals surface area contributed by atoms with Gasteiger partial charge in [0.1, 0.15) is 12.4 Å². The molecular formula is C23H20Cl2N2O4.